The van der Waals surface area contributed by atoms with Crippen molar-refractivity contribution in [2.75, 3.05) is 46.6 Å². The van der Waals surface area contributed by atoms with Gasteiger partial charge in [0.25, 0.3) is 0 Å². The summed E-state index contributed by atoms with van der Waals surface area (Å²) in [7, 11) is 1.64. The van der Waals surface area contributed by atoms with E-state index in [0.29, 0.717) is 38.4 Å². The molecule has 1 aromatic rings. The van der Waals surface area contributed by atoms with E-state index < -0.39 is 5.54 Å². The number of hydrogen-bond donors (Lipinski definition) is 0. The number of methoxy groups -OCH3 is 1. The van der Waals surface area contributed by atoms with Crippen molar-refractivity contribution in [2.24, 2.45) is 0 Å². The van der Waals surface area contributed by atoms with Gasteiger partial charge in [-0.1, -0.05) is 13.0 Å². The molecule has 0 N–H and O–H groups in total. The summed E-state index contributed by atoms with van der Waals surface area (Å²) < 4.78 is 16.0. The van der Waals surface area contributed by atoms with Gasteiger partial charge in [-0.3, -0.25) is 9.69 Å². The average molecular weight is 347 g/mol. The van der Waals surface area contributed by atoms with Crippen LogP contribution < -0.4 is 4.74 Å². The maximum absolute atomic E-state index is 13.4. The lowest BCUT2D eigenvalue weighted by molar-refractivity contribution is -0.0154. The van der Waals surface area contributed by atoms with Crippen molar-refractivity contribution in [1.82, 2.24) is 4.90 Å². The topological polar surface area (TPSA) is 48.0 Å². The van der Waals surface area contributed by atoms with E-state index in [0.717, 1.165) is 25.3 Å². The van der Waals surface area contributed by atoms with Gasteiger partial charge in [0.1, 0.15) is 12.4 Å². The molecule has 0 saturated carbocycles. The summed E-state index contributed by atoms with van der Waals surface area (Å²) >= 11 is 0. The molecule has 0 amide bonds. The maximum Gasteiger partial charge on any atom is 0.183 e. The molecule has 1 atom stereocenters. The first-order chi connectivity index (χ1) is 12.2. The number of hydrogen-bond acceptors (Lipinski definition) is 5. The molecule has 2 rings (SSSR count). The third-order valence-electron chi connectivity index (χ3n) is 4.78. The lowest BCUT2D eigenvalue weighted by Gasteiger charge is -2.43. The van der Waals surface area contributed by atoms with Crippen molar-refractivity contribution in [3.63, 3.8) is 0 Å². The Bertz CT molecular complexity index is 551. The van der Waals surface area contributed by atoms with Gasteiger partial charge in [0.2, 0.25) is 0 Å². The van der Waals surface area contributed by atoms with Crippen molar-refractivity contribution < 1.29 is 19.0 Å². The van der Waals surface area contributed by atoms with Gasteiger partial charge in [0, 0.05) is 25.8 Å². The fraction of sp³-hybridized carbons (Fsp3) is 0.550. The van der Waals surface area contributed by atoms with Gasteiger partial charge in [-0.2, -0.15) is 0 Å². The number of morpholine rings is 1. The van der Waals surface area contributed by atoms with E-state index >= 15 is 0 Å². The molecule has 1 aliphatic heterocycles. The maximum atomic E-state index is 13.4. The predicted molar refractivity (Wildman–Crippen MR) is 98.4 cm³/mol. The molecule has 0 aliphatic carbocycles. The lowest BCUT2D eigenvalue weighted by atomic mass is 9.81. The number of ether oxygens (including phenoxy) is 3. The first kappa shape index (κ1) is 19.6. The number of carbonyl (C=O) groups is 1. The molecule has 138 valence electrons. The molecule has 1 unspecified atom stereocenters. The zero-order chi connectivity index (χ0) is 18.1. The average Bonchev–Trinajstić information content (AvgIpc) is 2.67. The van der Waals surface area contributed by atoms with Crippen LogP contribution in [0.25, 0.3) is 0 Å². The SMILES string of the molecule is C=CCC(CC)(C(=O)c1ccc(OCCOC)cc1)N1CCOCC1. The Morgan fingerprint density at radius 2 is 1.96 bits per heavy atom. The molecular weight excluding hydrogens is 318 g/mol. The fourth-order valence-electron chi connectivity index (χ4n) is 3.34. The Morgan fingerprint density at radius 3 is 2.52 bits per heavy atom. The van der Waals surface area contributed by atoms with E-state index in [1.807, 2.05) is 30.3 Å². The van der Waals surface area contributed by atoms with Crippen LogP contribution in [0.15, 0.2) is 36.9 Å². The largest absolute Gasteiger partial charge is 0.491 e. The van der Waals surface area contributed by atoms with Crippen molar-refractivity contribution in [1.29, 1.82) is 0 Å². The summed E-state index contributed by atoms with van der Waals surface area (Å²) in [5, 5.41) is 0. The van der Waals surface area contributed by atoms with Crippen molar-refractivity contribution in [3.8, 4) is 5.75 Å². The lowest BCUT2D eigenvalue weighted by Crippen LogP contribution is -2.57. The second-order valence-electron chi connectivity index (χ2n) is 6.17. The van der Waals surface area contributed by atoms with E-state index in [-0.39, 0.29) is 5.78 Å². The van der Waals surface area contributed by atoms with Crippen LogP contribution in [0, 0.1) is 0 Å². The molecule has 0 radical (unpaired) electrons. The van der Waals surface area contributed by atoms with Gasteiger partial charge in [-0.05, 0) is 37.1 Å². The summed E-state index contributed by atoms with van der Waals surface area (Å²) in [6.07, 6.45) is 3.22. The van der Waals surface area contributed by atoms with E-state index in [9.17, 15) is 4.79 Å². The zero-order valence-electron chi connectivity index (χ0n) is 15.3. The first-order valence-corrected chi connectivity index (χ1v) is 8.88. The minimum atomic E-state index is -0.552. The molecule has 0 aromatic heterocycles. The van der Waals surface area contributed by atoms with Gasteiger partial charge < -0.3 is 14.2 Å². The Labute approximate surface area is 150 Å². The highest BCUT2D eigenvalue weighted by molar-refractivity contribution is 6.03. The molecule has 1 heterocycles. The fourth-order valence-corrected chi connectivity index (χ4v) is 3.34. The smallest absolute Gasteiger partial charge is 0.183 e. The quantitative estimate of drug-likeness (QED) is 0.370. The summed E-state index contributed by atoms with van der Waals surface area (Å²) in [6.45, 7) is 9.85. The third kappa shape index (κ3) is 4.69. The summed E-state index contributed by atoms with van der Waals surface area (Å²) in [4.78, 5) is 15.6. The number of Topliss-reactive ketones (excluding diaryl/α,β-unsaturated/α-hetero) is 1. The van der Waals surface area contributed by atoms with Gasteiger partial charge in [-0.15, -0.1) is 6.58 Å². The number of rotatable bonds is 10. The van der Waals surface area contributed by atoms with Crippen LogP contribution in [0.2, 0.25) is 0 Å². The monoisotopic (exact) mass is 347 g/mol. The van der Waals surface area contributed by atoms with E-state index in [1.54, 1.807) is 7.11 Å². The van der Waals surface area contributed by atoms with Crippen LogP contribution in [0.1, 0.15) is 30.1 Å². The van der Waals surface area contributed by atoms with Gasteiger partial charge in [-0.25, -0.2) is 0 Å². The highest BCUT2D eigenvalue weighted by Gasteiger charge is 2.42. The molecule has 1 aromatic carbocycles. The van der Waals surface area contributed by atoms with E-state index in [1.165, 1.54) is 0 Å². The van der Waals surface area contributed by atoms with E-state index in [2.05, 4.69) is 18.4 Å². The second-order valence-corrected chi connectivity index (χ2v) is 6.17. The molecule has 0 bridgehead atoms. The Balaban J connectivity index is 2.18. The molecule has 1 fully saturated rings. The number of ketones is 1. The molecule has 5 nitrogen and oxygen atoms in total. The summed E-state index contributed by atoms with van der Waals surface area (Å²) in [5.41, 5.74) is 0.151. The number of benzene rings is 1. The number of carbonyl (C=O) groups excluding carboxylic acids is 1. The minimum absolute atomic E-state index is 0.139. The molecule has 0 spiro atoms. The Hall–Kier alpha value is -1.69. The normalized spacial score (nSPS) is 17.7. The third-order valence-corrected chi connectivity index (χ3v) is 4.78. The first-order valence-electron chi connectivity index (χ1n) is 8.88. The van der Waals surface area contributed by atoms with Crippen LogP contribution in [0.3, 0.4) is 0 Å². The molecular formula is C20H29NO4. The van der Waals surface area contributed by atoms with Gasteiger partial charge >= 0.3 is 0 Å². The summed E-state index contributed by atoms with van der Waals surface area (Å²) in [6, 6.07) is 7.38. The molecule has 1 aliphatic rings. The van der Waals surface area contributed by atoms with Crippen LogP contribution in [-0.4, -0.2) is 62.8 Å². The Morgan fingerprint density at radius 1 is 1.28 bits per heavy atom. The highest BCUT2D eigenvalue weighted by atomic mass is 16.5. The predicted octanol–water partition coefficient (Wildman–Crippen LogP) is 2.95. The minimum Gasteiger partial charge on any atom is -0.491 e. The highest BCUT2D eigenvalue weighted by Crippen LogP contribution is 2.30. The number of nitrogens with zero attached hydrogens (tertiary/aromatic N) is 1. The second kappa shape index (κ2) is 9.70. The van der Waals surface area contributed by atoms with Crippen LogP contribution in [0.5, 0.6) is 5.75 Å². The Kier molecular flexibility index (Phi) is 7.62. The van der Waals surface area contributed by atoms with Gasteiger partial charge in [0.15, 0.2) is 5.78 Å². The van der Waals surface area contributed by atoms with Crippen molar-refractivity contribution in [2.45, 2.75) is 25.3 Å². The molecule has 1 saturated heterocycles. The van der Waals surface area contributed by atoms with Crippen LogP contribution >= 0.6 is 0 Å². The summed E-state index contributed by atoms with van der Waals surface area (Å²) in [5.74, 6) is 0.881. The standard InChI is InChI=1S/C20H29NO4/c1-4-10-20(5-2,21-11-13-24-14-12-21)19(22)17-6-8-18(9-7-17)25-16-15-23-3/h4,6-9H,1,5,10-16H2,2-3H3. The van der Waals surface area contributed by atoms with Gasteiger partial charge in [0.05, 0.1) is 25.4 Å². The molecule has 25 heavy (non-hydrogen) atoms. The van der Waals surface area contributed by atoms with Crippen LogP contribution in [0.4, 0.5) is 0 Å². The zero-order valence-corrected chi connectivity index (χ0v) is 15.3. The van der Waals surface area contributed by atoms with Crippen molar-refractivity contribution in [3.05, 3.63) is 42.5 Å². The molecule has 5 heteroatoms. The van der Waals surface area contributed by atoms with E-state index in [4.69, 9.17) is 14.2 Å². The van der Waals surface area contributed by atoms with Crippen molar-refractivity contribution >= 4 is 5.78 Å². The van der Waals surface area contributed by atoms with Crippen LogP contribution in [-0.2, 0) is 9.47 Å².